The van der Waals surface area contributed by atoms with E-state index in [1.165, 1.54) is 4.90 Å². The Morgan fingerprint density at radius 1 is 1.30 bits per heavy atom. The molecule has 0 aliphatic carbocycles. The van der Waals surface area contributed by atoms with Crippen molar-refractivity contribution in [1.29, 1.82) is 0 Å². The fourth-order valence-electron chi connectivity index (χ4n) is 3.19. The van der Waals surface area contributed by atoms with Crippen molar-refractivity contribution in [1.82, 2.24) is 0 Å². The van der Waals surface area contributed by atoms with Crippen molar-refractivity contribution in [2.45, 2.75) is 25.1 Å². The van der Waals surface area contributed by atoms with Gasteiger partial charge in [-0.15, -0.1) is 0 Å². The number of rotatable bonds is 2. The van der Waals surface area contributed by atoms with Gasteiger partial charge in [0.15, 0.2) is 0 Å². The smallest absolute Gasteiger partial charge is 0.405 e. The van der Waals surface area contributed by atoms with E-state index in [1.54, 1.807) is 19.2 Å². The lowest BCUT2D eigenvalue weighted by atomic mass is 10.1. The van der Waals surface area contributed by atoms with E-state index in [2.05, 4.69) is 4.90 Å². The summed E-state index contributed by atoms with van der Waals surface area (Å²) in [6.45, 7) is 0.459. The molecule has 2 heterocycles. The fourth-order valence-corrected chi connectivity index (χ4v) is 3.19. The summed E-state index contributed by atoms with van der Waals surface area (Å²) in [5, 5.41) is 0. The summed E-state index contributed by atoms with van der Waals surface area (Å²) in [4.78, 5) is 3.66. The SMILES string of the molecule is COc1ccc2c(c1)N1CCCC1CN2CC(F)(F)F. The molecule has 1 aromatic carbocycles. The van der Waals surface area contributed by atoms with Gasteiger partial charge in [-0.25, -0.2) is 0 Å². The van der Waals surface area contributed by atoms with Crippen molar-refractivity contribution in [2.75, 3.05) is 36.5 Å². The number of hydrogen-bond donors (Lipinski definition) is 0. The zero-order valence-corrected chi connectivity index (χ0v) is 11.3. The Hall–Kier alpha value is -1.59. The molecule has 3 rings (SSSR count). The van der Waals surface area contributed by atoms with Crippen LogP contribution in [0.1, 0.15) is 12.8 Å². The minimum absolute atomic E-state index is 0.178. The summed E-state index contributed by atoms with van der Waals surface area (Å²) < 4.78 is 43.4. The molecule has 0 aromatic heterocycles. The molecule has 0 radical (unpaired) electrons. The maximum Gasteiger partial charge on any atom is 0.405 e. The second-order valence-corrected chi connectivity index (χ2v) is 5.34. The molecule has 1 saturated heterocycles. The molecular weight excluding hydrogens is 269 g/mol. The third-order valence-corrected chi connectivity index (χ3v) is 4.01. The average molecular weight is 286 g/mol. The first-order valence-electron chi connectivity index (χ1n) is 6.74. The number of ether oxygens (including phenoxy) is 1. The monoisotopic (exact) mass is 286 g/mol. The highest BCUT2D eigenvalue weighted by molar-refractivity contribution is 5.76. The summed E-state index contributed by atoms with van der Waals surface area (Å²) in [5.74, 6) is 0.684. The zero-order valence-electron chi connectivity index (χ0n) is 11.3. The standard InChI is InChI=1S/C14H17F3N2O/c1-20-11-4-5-12-13(7-11)19-6-2-3-10(19)8-18(12)9-14(15,16)17/h4-5,7,10H,2-3,6,8-9H2,1H3. The number of benzene rings is 1. The zero-order chi connectivity index (χ0) is 14.3. The molecule has 1 atom stereocenters. The molecule has 0 N–H and O–H groups in total. The Bertz CT molecular complexity index is 504. The third-order valence-electron chi connectivity index (χ3n) is 4.01. The first-order chi connectivity index (χ1) is 9.48. The summed E-state index contributed by atoms with van der Waals surface area (Å²) >= 11 is 0. The first kappa shape index (κ1) is 13.4. The van der Waals surface area contributed by atoms with Crippen LogP contribution in [-0.2, 0) is 0 Å². The molecule has 1 aromatic rings. The molecule has 0 bridgehead atoms. The van der Waals surface area contributed by atoms with Crippen molar-refractivity contribution >= 4 is 11.4 Å². The number of methoxy groups -OCH3 is 1. The van der Waals surface area contributed by atoms with Crippen LogP contribution in [0.25, 0.3) is 0 Å². The molecule has 20 heavy (non-hydrogen) atoms. The van der Waals surface area contributed by atoms with Gasteiger partial charge < -0.3 is 14.5 Å². The van der Waals surface area contributed by atoms with Crippen LogP contribution >= 0.6 is 0 Å². The summed E-state index contributed by atoms with van der Waals surface area (Å²) in [6, 6.07) is 5.47. The maximum atomic E-state index is 12.7. The molecular formula is C14H17F3N2O. The van der Waals surface area contributed by atoms with Crippen molar-refractivity contribution in [3.8, 4) is 5.75 Å². The van der Waals surface area contributed by atoms with Crippen molar-refractivity contribution in [2.24, 2.45) is 0 Å². The van der Waals surface area contributed by atoms with E-state index >= 15 is 0 Å². The number of alkyl halides is 3. The van der Waals surface area contributed by atoms with E-state index in [4.69, 9.17) is 4.74 Å². The van der Waals surface area contributed by atoms with Crippen LogP contribution in [0.5, 0.6) is 5.75 Å². The van der Waals surface area contributed by atoms with Crippen LogP contribution in [0.3, 0.4) is 0 Å². The maximum absolute atomic E-state index is 12.7. The number of nitrogens with zero attached hydrogens (tertiary/aromatic N) is 2. The van der Waals surface area contributed by atoms with E-state index in [1.807, 2.05) is 6.07 Å². The van der Waals surface area contributed by atoms with Gasteiger partial charge in [0.25, 0.3) is 0 Å². The third kappa shape index (κ3) is 2.39. The topological polar surface area (TPSA) is 15.7 Å². The van der Waals surface area contributed by atoms with Gasteiger partial charge in [0, 0.05) is 25.2 Å². The van der Waals surface area contributed by atoms with Gasteiger partial charge in [-0.1, -0.05) is 0 Å². The lowest BCUT2D eigenvalue weighted by molar-refractivity contribution is -0.119. The molecule has 110 valence electrons. The Morgan fingerprint density at radius 3 is 2.80 bits per heavy atom. The molecule has 0 amide bonds. The predicted octanol–water partition coefficient (Wildman–Crippen LogP) is 3.05. The quantitative estimate of drug-likeness (QED) is 0.831. The Morgan fingerprint density at radius 2 is 2.10 bits per heavy atom. The van der Waals surface area contributed by atoms with E-state index in [-0.39, 0.29) is 6.04 Å². The second kappa shape index (κ2) is 4.75. The van der Waals surface area contributed by atoms with Gasteiger partial charge in [0.2, 0.25) is 0 Å². The molecule has 6 heteroatoms. The predicted molar refractivity (Wildman–Crippen MR) is 71.6 cm³/mol. The molecule has 0 spiro atoms. The van der Waals surface area contributed by atoms with Gasteiger partial charge in [-0.05, 0) is 25.0 Å². The first-order valence-corrected chi connectivity index (χ1v) is 6.74. The van der Waals surface area contributed by atoms with Crippen LogP contribution in [0.2, 0.25) is 0 Å². The Labute approximate surface area is 115 Å². The number of hydrogen-bond acceptors (Lipinski definition) is 3. The minimum Gasteiger partial charge on any atom is -0.497 e. The Kier molecular flexibility index (Phi) is 3.18. The van der Waals surface area contributed by atoms with Crippen molar-refractivity contribution in [3.63, 3.8) is 0 Å². The van der Waals surface area contributed by atoms with E-state index in [0.717, 1.165) is 25.1 Å². The van der Waals surface area contributed by atoms with Crippen LogP contribution in [0, 0.1) is 0 Å². The van der Waals surface area contributed by atoms with Gasteiger partial charge in [-0.2, -0.15) is 13.2 Å². The fraction of sp³-hybridized carbons (Fsp3) is 0.571. The van der Waals surface area contributed by atoms with Gasteiger partial charge >= 0.3 is 6.18 Å². The van der Waals surface area contributed by atoms with E-state index in [0.29, 0.717) is 18.0 Å². The lowest BCUT2D eigenvalue weighted by Crippen LogP contribution is -2.48. The van der Waals surface area contributed by atoms with Crippen LogP contribution in [0.15, 0.2) is 18.2 Å². The summed E-state index contributed by atoms with van der Waals surface area (Å²) in [7, 11) is 1.57. The number of halogens is 3. The lowest BCUT2D eigenvalue weighted by Gasteiger charge is -2.41. The van der Waals surface area contributed by atoms with Crippen LogP contribution < -0.4 is 14.5 Å². The molecule has 3 nitrogen and oxygen atoms in total. The number of anilines is 2. The molecule has 2 aliphatic rings. The van der Waals surface area contributed by atoms with Gasteiger partial charge in [0.05, 0.1) is 18.5 Å². The van der Waals surface area contributed by atoms with Crippen LogP contribution in [0.4, 0.5) is 24.5 Å². The average Bonchev–Trinajstić information content (AvgIpc) is 2.84. The van der Waals surface area contributed by atoms with E-state index in [9.17, 15) is 13.2 Å². The molecule has 1 fully saturated rings. The molecule has 1 unspecified atom stereocenters. The highest BCUT2D eigenvalue weighted by Gasteiger charge is 2.39. The van der Waals surface area contributed by atoms with Gasteiger partial charge in [0.1, 0.15) is 12.3 Å². The number of fused-ring (bicyclic) bond motifs is 3. The summed E-state index contributed by atoms with van der Waals surface area (Å²) in [5.41, 5.74) is 1.52. The highest BCUT2D eigenvalue weighted by Crippen LogP contribution is 2.42. The highest BCUT2D eigenvalue weighted by atomic mass is 19.4. The normalized spacial score (nSPS) is 21.7. The largest absolute Gasteiger partial charge is 0.497 e. The van der Waals surface area contributed by atoms with Crippen molar-refractivity contribution in [3.05, 3.63) is 18.2 Å². The second-order valence-electron chi connectivity index (χ2n) is 5.34. The Balaban J connectivity index is 1.98. The minimum atomic E-state index is -4.18. The summed E-state index contributed by atoms with van der Waals surface area (Å²) in [6.07, 6.45) is -2.20. The molecule has 0 saturated carbocycles. The van der Waals surface area contributed by atoms with Gasteiger partial charge in [-0.3, -0.25) is 0 Å². The van der Waals surface area contributed by atoms with E-state index < -0.39 is 12.7 Å². The van der Waals surface area contributed by atoms with Crippen LogP contribution in [-0.4, -0.2) is 39.0 Å². The van der Waals surface area contributed by atoms with Crippen molar-refractivity contribution < 1.29 is 17.9 Å². The molecule has 2 aliphatic heterocycles.